The smallest absolute Gasteiger partial charge is 0.246 e. The molecule has 4 rings (SSSR count). The molecular formula is C22H32ClIN6O. The highest BCUT2D eigenvalue weighted by molar-refractivity contribution is 14.0. The summed E-state index contributed by atoms with van der Waals surface area (Å²) < 4.78 is 5.37. The molecule has 0 spiro atoms. The number of hydrogen-bond donors (Lipinski definition) is 2. The van der Waals surface area contributed by atoms with E-state index in [1.54, 1.807) is 7.05 Å². The largest absolute Gasteiger partial charge is 0.354 e. The number of piperidine rings is 1. The van der Waals surface area contributed by atoms with Crippen LogP contribution in [0.2, 0.25) is 5.02 Å². The first-order valence-electron chi connectivity index (χ1n) is 11.0. The Morgan fingerprint density at radius 3 is 2.68 bits per heavy atom. The summed E-state index contributed by atoms with van der Waals surface area (Å²) in [6.45, 7) is 2.77. The van der Waals surface area contributed by atoms with Gasteiger partial charge >= 0.3 is 0 Å². The first-order chi connectivity index (χ1) is 14.7. The molecular weight excluding hydrogens is 527 g/mol. The highest BCUT2D eigenvalue weighted by Crippen LogP contribution is 2.25. The van der Waals surface area contributed by atoms with Gasteiger partial charge in [0.1, 0.15) is 0 Å². The van der Waals surface area contributed by atoms with Crippen molar-refractivity contribution in [1.29, 1.82) is 0 Å². The Bertz CT molecular complexity index is 846. The van der Waals surface area contributed by atoms with Crippen molar-refractivity contribution in [3.63, 3.8) is 0 Å². The minimum absolute atomic E-state index is 0. The summed E-state index contributed by atoms with van der Waals surface area (Å²) in [4.78, 5) is 11.5. The van der Waals surface area contributed by atoms with Gasteiger partial charge in [-0.3, -0.25) is 4.99 Å². The maximum atomic E-state index is 6.04. The lowest BCUT2D eigenvalue weighted by Gasteiger charge is -2.39. The van der Waals surface area contributed by atoms with Crippen molar-refractivity contribution in [3.8, 4) is 11.4 Å². The van der Waals surface area contributed by atoms with Crippen LogP contribution in [0.5, 0.6) is 0 Å². The van der Waals surface area contributed by atoms with Crippen molar-refractivity contribution in [2.24, 2.45) is 4.99 Å². The molecule has 1 saturated heterocycles. The Balaban J connectivity index is 0.00000272. The Morgan fingerprint density at radius 2 is 1.97 bits per heavy atom. The van der Waals surface area contributed by atoms with Crippen molar-refractivity contribution >= 4 is 41.5 Å². The highest BCUT2D eigenvalue weighted by atomic mass is 127. The minimum Gasteiger partial charge on any atom is -0.354 e. The normalized spacial score (nSPS) is 19.1. The van der Waals surface area contributed by atoms with E-state index in [9.17, 15) is 0 Å². The highest BCUT2D eigenvalue weighted by Gasteiger charge is 2.26. The van der Waals surface area contributed by atoms with Crippen LogP contribution in [0.3, 0.4) is 0 Å². The van der Waals surface area contributed by atoms with Gasteiger partial charge in [0, 0.05) is 42.8 Å². The van der Waals surface area contributed by atoms with Gasteiger partial charge in [0.2, 0.25) is 11.7 Å². The van der Waals surface area contributed by atoms with Crippen LogP contribution in [-0.2, 0) is 6.54 Å². The number of nitrogens with zero attached hydrogens (tertiary/aromatic N) is 4. The molecule has 2 heterocycles. The monoisotopic (exact) mass is 558 g/mol. The average molecular weight is 559 g/mol. The van der Waals surface area contributed by atoms with Crippen LogP contribution in [0.25, 0.3) is 11.4 Å². The first kappa shape index (κ1) is 24.3. The van der Waals surface area contributed by atoms with Crippen molar-refractivity contribution in [2.45, 2.75) is 63.6 Å². The van der Waals surface area contributed by atoms with Gasteiger partial charge in [0.25, 0.3) is 0 Å². The fraction of sp³-hybridized carbons (Fsp3) is 0.591. The summed E-state index contributed by atoms with van der Waals surface area (Å²) in [5, 5.41) is 11.5. The van der Waals surface area contributed by atoms with E-state index < -0.39 is 0 Å². The van der Waals surface area contributed by atoms with Crippen molar-refractivity contribution in [3.05, 3.63) is 35.2 Å². The second-order valence-electron chi connectivity index (χ2n) is 8.19. The van der Waals surface area contributed by atoms with Crippen LogP contribution in [0.1, 0.15) is 50.8 Å². The third-order valence-corrected chi connectivity index (χ3v) is 6.38. The van der Waals surface area contributed by atoms with E-state index in [0.717, 1.165) is 30.4 Å². The Labute approximate surface area is 206 Å². The van der Waals surface area contributed by atoms with Crippen LogP contribution in [-0.4, -0.2) is 53.2 Å². The van der Waals surface area contributed by atoms with E-state index in [1.807, 2.05) is 24.3 Å². The molecule has 1 aliphatic heterocycles. The summed E-state index contributed by atoms with van der Waals surface area (Å²) in [6.07, 6.45) is 9.26. The minimum atomic E-state index is 0. The number of hydrogen-bond acceptors (Lipinski definition) is 5. The third-order valence-electron chi connectivity index (χ3n) is 6.14. The van der Waals surface area contributed by atoms with Crippen LogP contribution in [0.15, 0.2) is 33.8 Å². The summed E-state index contributed by atoms with van der Waals surface area (Å²) in [5.74, 6) is 1.82. The van der Waals surface area contributed by atoms with Gasteiger partial charge in [0.15, 0.2) is 5.96 Å². The molecule has 2 aliphatic rings. The molecule has 31 heavy (non-hydrogen) atoms. The fourth-order valence-electron chi connectivity index (χ4n) is 4.47. The van der Waals surface area contributed by atoms with Gasteiger partial charge < -0.3 is 20.1 Å². The predicted molar refractivity (Wildman–Crippen MR) is 135 cm³/mol. The molecule has 2 aromatic rings. The van der Waals surface area contributed by atoms with Gasteiger partial charge in [-0.15, -0.1) is 24.0 Å². The maximum absolute atomic E-state index is 6.04. The lowest BCUT2D eigenvalue weighted by atomic mass is 9.92. The molecule has 0 atom stereocenters. The number of halogens is 2. The maximum Gasteiger partial charge on any atom is 0.246 e. The van der Waals surface area contributed by atoms with Crippen molar-refractivity contribution < 1.29 is 4.52 Å². The van der Waals surface area contributed by atoms with E-state index >= 15 is 0 Å². The number of aromatic nitrogens is 2. The fourth-order valence-corrected chi connectivity index (χ4v) is 4.66. The van der Waals surface area contributed by atoms with Gasteiger partial charge in [-0.25, -0.2) is 0 Å². The average Bonchev–Trinajstić information content (AvgIpc) is 3.27. The molecule has 0 amide bonds. The zero-order valence-corrected chi connectivity index (χ0v) is 21.1. The lowest BCUT2D eigenvalue weighted by molar-refractivity contribution is 0.119. The number of nitrogens with one attached hydrogen (secondary N) is 2. The van der Waals surface area contributed by atoms with Gasteiger partial charge in [0.05, 0.1) is 6.54 Å². The number of aliphatic imine (C=N–C) groups is 1. The summed E-state index contributed by atoms with van der Waals surface area (Å²) >= 11 is 6.04. The van der Waals surface area contributed by atoms with Crippen LogP contribution >= 0.6 is 35.6 Å². The molecule has 2 N–H and O–H groups in total. The lowest BCUT2D eigenvalue weighted by Crippen LogP contribution is -2.50. The van der Waals surface area contributed by atoms with Crippen LogP contribution in [0.4, 0.5) is 0 Å². The van der Waals surface area contributed by atoms with E-state index in [1.165, 1.54) is 45.2 Å². The summed E-state index contributed by atoms with van der Waals surface area (Å²) in [6, 6.07) is 8.68. The Morgan fingerprint density at radius 1 is 1.19 bits per heavy atom. The van der Waals surface area contributed by atoms with E-state index in [0.29, 0.717) is 29.3 Å². The zero-order valence-electron chi connectivity index (χ0n) is 18.0. The number of benzene rings is 1. The van der Waals surface area contributed by atoms with E-state index in [2.05, 4.69) is 30.7 Å². The quantitative estimate of drug-likeness (QED) is 0.320. The first-order valence-corrected chi connectivity index (χ1v) is 11.4. The van der Waals surface area contributed by atoms with Crippen molar-refractivity contribution in [2.75, 3.05) is 20.1 Å². The standard InChI is InChI=1S/C22H31ClN6O.HI/c1-24-22(26-18-10-12-29(13-11-18)19-8-3-2-4-9-19)25-15-20-27-21(28-30-20)16-6-5-7-17(23)14-16;/h5-7,14,18-19H,2-4,8-13,15H2,1H3,(H2,24,25,26);1H. The molecule has 0 unspecified atom stereocenters. The molecule has 0 bridgehead atoms. The predicted octanol–water partition coefficient (Wildman–Crippen LogP) is 4.47. The number of rotatable bonds is 5. The van der Waals surface area contributed by atoms with E-state index in [-0.39, 0.29) is 24.0 Å². The van der Waals surface area contributed by atoms with E-state index in [4.69, 9.17) is 16.1 Å². The Hall–Kier alpha value is -1.39. The van der Waals surface area contributed by atoms with Crippen molar-refractivity contribution in [1.82, 2.24) is 25.7 Å². The topological polar surface area (TPSA) is 78.6 Å². The molecule has 1 aliphatic carbocycles. The molecule has 170 valence electrons. The second kappa shape index (κ2) is 12.0. The summed E-state index contributed by atoms with van der Waals surface area (Å²) in [7, 11) is 1.79. The molecule has 1 saturated carbocycles. The van der Waals surface area contributed by atoms with Gasteiger partial charge in [-0.05, 0) is 37.8 Å². The number of likely N-dealkylation sites (tertiary alicyclic amines) is 1. The summed E-state index contributed by atoms with van der Waals surface area (Å²) in [5.41, 5.74) is 0.838. The second-order valence-corrected chi connectivity index (χ2v) is 8.63. The molecule has 1 aromatic carbocycles. The Kier molecular flexibility index (Phi) is 9.40. The molecule has 9 heteroatoms. The molecule has 1 aromatic heterocycles. The van der Waals surface area contributed by atoms with Crippen LogP contribution in [0, 0.1) is 0 Å². The number of guanidine groups is 1. The third kappa shape index (κ3) is 6.79. The van der Waals surface area contributed by atoms with Gasteiger partial charge in [-0.1, -0.05) is 48.2 Å². The van der Waals surface area contributed by atoms with Crippen LogP contribution < -0.4 is 10.6 Å². The molecule has 7 nitrogen and oxygen atoms in total. The zero-order chi connectivity index (χ0) is 20.8. The molecule has 0 radical (unpaired) electrons. The SMILES string of the molecule is CN=C(NCc1nc(-c2cccc(Cl)c2)no1)NC1CCN(C2CCCCC2)CC1.I. The van der Waals surface area contributed by atoms with Gasteiger partial charge in [-0.2, -0.15) is 4.98 Å². The molecule has 2 fully saturated rings.